The van der Waals surface area contributed by atoms with Crippen LogP contribution in [0.3, 0.4) is 0 Å². The van der Waals surface area contributed by atoms with Crippen molar-refractivity contribution >= 4 is 53.0 Å². The van der Waals surface area contributed by atoms with Gasteiger partial charge in [0.05, 0.1) is 6.04 Å². The van der Waals surface area contributed by atoms with Crippen molar-refractivity contribution in [2.45, 2.75) is 6.04 Å². The molecule has 0 spiro atoms. The molecule has 4 nitrogen and oxygen atoms in total. The summed E-state index contributed by atoms with van der Waals surface area (Å²) >= 11 is 3.62. The molecule has 0 aromatic carbocycles. The van der Waals surface area contributed by atoms with Crippen molar-refractivity contribution in [3.8, 4) is 0 Å². The summed E-state index contributed by atoms with van der Waals surface area (Å²) in [6, 6.07) is 4.65. The minimum Gasteiger partial charge on any atom is -0.356 e. The number of aliphatic imine (C=N–C) groups is 1. The SMILES string of the molecule is CN=C(NCCSC)NCC(c1cccs1)N(C)C.I. The quantitative estimate of drug-likeness (QED) is 0.303. The Labute approximate surface area is 147 Å². The lowest BCUT2D eigenvalue weighted by molar-refractivity contribution is 0.302. The summed E-state index contributed by atoms with van der Waals surface area (Å²) in [7, 11) is 6.02. The molecule has 0 bridgehead atoms. The van der Waals surface area contributed by atoms with E-state index < -0.39 is 0 Å². The first kappa shape index (κ1) is 20.0. The van der Waals surface area contributed by atoms with E-state index in [1.807, 2.05) is 18.8 Å². The van der Waals surface area contributed by atoms with E-state index in [4.69, 9.17) is 0 Å². The summed E-state index contributed by atoms with van der Waals surface area (Å²) in [5.41, 5.74) is 0. The smallest absolute Gasteiger partial charge is 0.191 e. The number of nitrogens with one attached hydrogen (secondary N) is 2. The molecule has 1 rings (SSSR count). The zero-order valence-corrected chi connectivity index (χ0v) is 16.5. The largest absolute Gasteiger partial charge is 0.356 e. The molecular formula is C13H25IN4S2. The summed E-state index contributed by atoms with van der Waals surface area (Å²) in [6.07, 6.45) is 2.11. The Bertz CT molecular complexity index is 368. The molecule has 2 N–H and O–H groups in total. The molecule has 116 valence electrons. The summed E-state index contributed by atoms with van der Waals surface area (Å²) in [6.45, 7) is 1.79. The van der Waals surface area contributed by atoms with E-state index in [1.165, 1.54) is 4.88 Å². The van der Waals surface area contributed by atoms with Gasteiger partial charge in [-0.05, 0) is 31.8 Å². The van der Waals surface area contributed by atoms with Gasteiger partial charge in [-0.15, -0.1) is 35.3 Å². The van der Waals surface area contributed by atoms with Gasteiger partial charge in [0.2, 0.25) is 0 Å². The lowest BCUT2D eigenvalue weighted by Gasteiger charge is -2.24. The normalized spacial score (nSPS) is 12.9. The van der Waals surface area contributed by atoms with Gasteiger partial charge in [-0.25, -0.2) is 0 Å². The fraction of sp³-hybridized carbons (Fsp3) is 0.615. The minimum atomic E-state index is 0. The third kappa shape index (κ3) is 7.14. The maximum Gasteiger partial charge on any atom is 0.191 e. The van der Waals surface area contributed by atoms with Crippen LogP contribution in [0.1, 0.15) is 10.9 Å². The van der Waals surface area contributed by atoms with Crippen molar-refractivity contribution in [3.05, 3.63) is 22.4 Å². The third-order valence-electron chi connectivity index (χ3n) is 2.78. The molecule has 0 aliphatic heterocycles. The van der Waals surface area contributed by atoms with Gasteiger partial charge >= 0.3 is 0 Å². The predicted molar refractivity (Wildman–Crippen MR) is 104 cm³/mol. The second-order valence-corrected chi connectivity index (χ2v) is 6.33. The zero-order valence-electron chi connectivity index (χ0n) is 12.5. The van der Waals surface area contributed by atoms with Crippen molar-refractivity contribution in [3.63, 3.8) is 0 Å². The highest BCUT2D eigenvalue weighted by molar-refractivity contribution is 14.0. The van der Waals surface area contributed by atoms with Crippen LogP contribution in [0.5, 0.6) is 0 Å². The molecular weight excluding hydrogens is 403 g/mol. The minimum absolute atomic E-state index is 0. The molecule has 0 saturated heterocycles. The van der Waals surface area contributed by atoms with E-state index in [1.54, 1.807) is 11.3 Å². The fourth-order valence-electron chi connectivity index (χ4n) is 1.70. The molecule has 0 radical (unpaired) electrons. The van der Waals surface area contributed by atoms with E-state index in [9.17, 15) is 0 Å². The Morgan fingerprint density at radius 3 is 2.70 bits per heavy atom. The van der Waals surface area contributed by atoms with Crippen LogP contribution in [-0.4, -0.2) is 57.1 Å². The Hall–Kier alpha value is 0.01000. The Morgan fingerprint density at radius 2 is 2.20 bits per heavy atom. The number of hydrogen-bond donors (Lipinski definition) is 2. The molecule has 0 saturated carbocycles. The molecule has 20 heavy (non-hydrogen) atoms. The highest BCUT2D eigenvalue weighted by Gasteiger charge is 2.15. The highest BCUT2D eigenvalue weighted by atomic mass is 127. The van der Waals surface area contributed by atoms with Gasteiger partial charge in [0.1, 0.15) is 0 Å². The van der Waals surface area contributed by atoms with E-state index in [-0.39, 0.29) is 24.0 Å². The van der Waals surface area contributed by atoms with Gasteiger partial charge in [-0.1, -0.05) is 6.07 Å². The second kappa shape index (κ2) is 11.6. The second-order valence-electron chi connectivity index (χ2n) is 4.37. The number of rotatable bonds is 7. The molecule has 1 atom stereocenters. The van der Waals surface area contributed by atoms with Crippen molar-refractivity contribution in [2.24, 2.45) is 4.99 Å². The van der Waals surface area contributed by atoms with Gasteiger partial charge in [-0.2, -0.15) is 11.8 Å². The standard InChI is InChI=1S/C13H24N4S2.HI/c1-14-13(15-7-9-18-4)16-10-11(17(2)3)12-6-5-8-19-12;/h5-6,8,11H,7,9-10H2,1-4H3,(H2,14,15,16);1H. The van der Waals surface area contributed by atoms with Crippen LogP contribution < -0.4 is 10.6 Å². The Balaban J connectivity index is 0.00000361. The Kier molecular flexibility index (Phi) is 11.7. The summed E-state index contributed by atoms with van der Waals surface area (Å²) in [5.74, 6) is 1.96. The first-order chi connectivity index (χ1) is 9.19. The molecule has 1 heterocycles. The number of thioether (sulfide) groups is 1. The summed E-state index contributed by atoms with van der Waals surface area (Å²) < 4.78 is 0. The van der Waals surface area contributed by atoms with Gasteiger partial charge in [-0.3, -0.25) is 4.99 Å². The number of hydrogen-bond acceptors (Lipinski definition) is 4. The first-order valence-electron chi connectivity index (χ1n) is 6.32. The van der Waals surface area contributed by atoms with Crippen LogP contribution >= 0.6 is 47.1 Å². The number of likely N-dealkylation sites (N-methyl/N-ethyl adjacent to an activating group) is 1. The van der Waals surface area contributed by atoms with Gasteiger partial charge in [0, 0.05) is 30.8 Å². The molecule has 0 fully saturated rings. The van der Waals surface area contributed by atoms with Crippen molar-refractivity contribution in [1.82, 2.24) is 15.5 Å². The van der Waals surface area contributed by atoms with Gasteiger partial charge in [0.25, 0.3) is 0 Å². The number of thiophene rings is 1. The van der Waals surface area contributed by atoms with Crippen molar-refractivity contribution in [1.29, 1.82) is 0 Å². The third-order valence-corrected chi connectivity index (χ3v) is 4.37. The molecule has 0 aliphatic carbocycles. The molecule has 0 aliphatic rings. The number of guanidine groups is 1. The van der Waals surface area contributed by atoms with E-state index >= 15 is 0 Å². The molecule has 1 aromatic rings. The predicted octanol–water partition coefficient (Wildman–Crippen LogP) is 2.50. The molecule has 1 unspecified atom stereocenters. The van der Waals surface area contributed by atoms with Gasteiger partial charge in [0.15, 0.2) is 5.96 Å². The summed E-state index contributed by atoms with van der Waals surface area (Å²) in [5, 5.41) is 8.83. The van der Waals surface area contributed by atoms with E-state index in [0.29, 0.717) is 6.04 Å². The monoisotopic (exact) mass is 428 g/mol. The molecule has 0 amide bonds. The van der Waals surface area contributed by atoms with Crippen molar-refractivity contribution in [2.75, 3.05) is 46.2 Å². The van der Waals surface area contributed by atoms with Crippen LogP contribution in [0.15, 0.2) is 22.5 Å². The zero-order chi connectivity index (χ0) is 14.1. The van der Waals surface area contributed by atoms with Crippen LogP contribution in [0.2, 0.25) is 0 Å². The number of nitrogens with zero attached hydrogens (tertiary/aromatic N) is 2. The van der Waals surface area contributed by atoms with Crippen molar-refractivity contribution < 1.29 is 0 Å². The van der Waals surface area contributed by atoms with E-state index in [2.05, 4.69) is 58.4 Å². The van der Waals surface area contributed by atoms with E-state index in [0.717, 1.165) is 24.8 Å². The molecule has 7 heteroatoms. The fourth-order valence-corrected chi connectivity index (χ4v) is 2.93. The average Bonchev–Trinajstić information content (AvgIpc) is 2.90. The highest BCUT2D eigenvalue weighted by Crippen LogP contribution is 2.22. The molecule has 1 aromatic heterocycles. The maximum absolute atomic E-state index is 4.24. The first-order valence-corrected chi connectivity index (χ1v) is 8.59. The topological polar surface area (TPSA) is 39.7 Å². The van der Waals surface area contributed by atoms with Crippen LogP contribution in [0.25, 0.3) is 0 Å². The summed E-state index contributed by atoms with van der Waals surface area (Å²) in [4.78, 5) is 7.84. The average molecular weight is 428 g/mol. The maximum atomic E-state index is 4.24. The van der Waals surface area contributed by atoms with Gasteiger partial charge < -0.3 is 15.5 Å². The lowest BCUT2D eigenvalue weighted by Crippen LogP contribution is -2.42. The number of halogens is 1. The van der Waals surface area contributed by atoms with Crippen LogP contribution in [-0.2, 0) is 0 Å². The van der Waals surface area contributed by atoms with Crippen LogP contribution in [0, 0.1) is 0 Å². The van der Waals surface area contributed by atoms with Crippen LogP contribution in [0.4, 0.5) is 0 Å². The Morgan fingerprint density at radius 1 is 1.45 bits per heavy atom. The lowest BCUT2D eigenvalue weighted by atomic mass is 10.2.